The normalized spacial score (nSPS) is 28.9. The molecule has 0 aromatic carbocycles. The molecule has 2 aliphatic rings. The third-order valence-corrected chi connectivity index (χ3v) is 4.98. The number of nitrogens with zero attached hydrogens (tertiary/aromatic N) is 1. The summed E-state index contributed by atoms with van der Waals surface area (Å²) in [6, 6.07) is 0.368. The summed E-state index contributed by atoms with van der Waals surface area (Å²) in [7, 11) is 0. The van der Waals surface area contributed by atoms with Crippen molar-refractivity contribution in [3.05, 3.63) is 0 Å². The number of nitrogens with one attached hydrogen (secondary N) is 2. The first-order chi connectivity index (χ1) is 10.6. The smallest absolute Gasteiger partial charge is 0.225 e. The Bertz CT molecular complexity index is 378. The van der Waals surface area contributed by atoms with E-state index < -0.39 is 0 Å². The Morgan fingerprint density at radius 1 is 1.18 bits per heavy atom. The average molecular weight is 309 g/mol. The first-order valence-corrected chi connectivity index (χ1v) is 8.89. The number of likely N-dealkylation sites (tertiary alicyclic amines) is 1. The van der Waals surface area contributed by atoms with E-state index in [0.717, 1.165) is 38.3 Å². The van der Waals surface area contributed by atoms with Crippen molar-refractivity contribution >= 4 is 11.8 Å². The standard InChI is InChI=1S/C17H31N3O2/c1-3-8-18-9-10-19-17(22)14-11-16(21)20(12-14)15-6-4-13(2)5-7-15/h13-15,18H,3-12H2,1-2H3,(H,19,22). The van der Waals surface area contributed by atoms with E-state index in [4.69, 9.17) is 0 Å². The zero-order valence-electron chi connectivity index (χ0n) is 14.1. The van der Waals surface area contributed by atoms with E-state index >= 15 is 0 Å². The van der Waals surface area contributed by atoms with Crippen molar-refractivity contribution in [2.24, 2.45) is 11.8 Å². The van der Waals surface area contributed by atoms with Crippen LogP contribution in [-0.2, 0) is 9.59 Å². The van der Waals surface area contributed by atoms with Crippen LogP contribution in [0.3, 0.4) is 0 Å². The molecule has 2 N–H and O–H groups in total. The Morgan fingerprint density at radius 2 is 1.91 bits per heavy atom. The van der Waals surface area contributed by atoms with Crippen molar-refractivity contribution in [1.29, 1.82) is 0 Å². The van der Waals surface area contributed by atoms with Gasteiger partial charge in [-0.2, -0.15) is 0 Å². The molecule has 5 nitrogen and oxygen atoms in total. The molecule has 1 saturated heterocycles. The van der Waals surface area contributed by atoms with Crippen LogP contribution in [0.2, 0.25) is 0 Å². The number of carbonyl (C=O) groups is 2. The molecule has 0 aromatic heterocycles. The molecule has 1 unspecified atom stereocenters. The zero-order valence-corrected chi connectivity index (χ0v) is 14.1. The van der Waals surface area contributed by atoms with Crippen molar-refractivity contribution in [1.82, 2.24) is 15.5 Å². The van der Waals surface area contributed by atoms with Crippen LogP contribution in [-0.4, -0.2) is 48.9 Å². The second-order valence-electron chi connectivity index (χ2n) is 6.90. The van der Waals surface area contributed by atoms with E-state index in [1.165, 1.54) is 12.8 Å². The summed E-state index contributed by atoms with van der Waals surface area (Å²) in [4.78, 5) is 26.4. The van der Waals surface area contributed by atoms with Gasteiger partial charge in [-0.25, -0.2) is 0 Å². The molecule has 1 atom stereocenters. The molecule has 1 aliphatic carbocycles. The van der Waals surface area contributed by atoms with Gasteiger partial charge in [0.05, 0.1) is 5.92 Å². The maximum atomic E-state index is 12.2. The van der Waals surface area contributed by atoms with E-state index in [9.17, 15) is 9.59 Å². The van der Waals surface area contributed by atoms with Crippen LogP contribution in [0.4, 0.5) is 0 Å². The Balaban J connectivity index is 1.73. The fraction of sp³-hybridized carbons (Fsp3) is 0.882. The van der Waals surface area contributed by atoms with Gasteiger partial charge in [-0.15, -0.1) is 0 Å². The van der Waals surface area contributed by atoms with Gasteiger partial charge in [0.1, 0.15) is 0 Å². The fourth-order valence-corrected chi connectivity index (χ4v) is 3.53. The predicted octanol–water partition coefficient (Wildman–Crippen LogP) is 1.53. The zero-order chi connectivity index (χ0) is 15.9. The van der Waals surface area contributed by atoms with E-state index in [-0.39, 0.29) is 17.7 Å². The Morgan fingerprint density at radius 3 is 2.59 bits per heavy atom. The van der Waals surface area contributed by atoms with Crippen molar-refractivity contribution in [2.45, 2.75) is 58.4 Å². The lowest BCUT2D eigenvalue weighted by atomic mass is 9.87. The number of hydrogen-bond acceptors (Lipinski definition) is 3. The Labute approximate surface area is 134 Å². The molecular weight excluding hydrogens is 278 g/mol. The molecule has 0 spiro atoms. The Hall–Kier alpha value is -1.10. The van der Waals surface area contributed by atoms with Crippen molar-refractivity contribution in [3.63, 3.8) is 0 Å². The van der Waals surface area contributed by atoms with Gasteiger partial charge in [-0.1, -0.05) is 13.8 Å². The van der Waals surface area contributed by atoms with Gasteiger partial charge >= 0.3 is 0 Å². The lowest BCUT2D eigenvalue weighted by molar-refractivity contribution is -0.130. The molecule has 2 amide bonds. The van der Waals surface area contributed by atoms with E-state index in [2.05, 4.69) is 24.5 Å². The largest absolute Gasteiger partial charge is 0.355 e. The van der Waals surface area contributed by atoms with Crippen LogP contribution in [0, 0.1) is 11.8 Å². The highest BCUT2D eigenvalue weighted by atomic mass is 16.2. The number of amides is 2. The van der Waals surface area contributed by atoms with Crippen LogP contribution < -0.4 is 10.6 Å². The molecular formula is C17H31N3O2. The summed E-state index contributed by atoms with van der Waals surface area (Å²) in [5, 5.41) is 6.22. The second kappa shape index (κ2) is 8.51. The minimum Gasteiger partial charge on any atom is -0.355 e. The molecule has 0 radical (unpaired) electrons. The highest BCUT2D eigenvalue weighted by Gasteiger charge is 2.38. The lowest BCUT2D eigenvalue weighted by Crippen LogP contribution is -2.41. The van der Waals surface area contributed by atoms with Gasteiger partial charge in [0.15, 0.2) is 0 Å². The van der Waals surface area contributed by atoms with Crippen LogP contribution in [0.5, 0.6) is 0 Å². The summed E-state index contributed by atoms with van der Waals surface area (Å²) in [5.74, 6) is 0.837. The first kappa shape index (κ1) is 17.3. The van der Waals surface area contributed by atoms with Crippen LogP contribution >= 0.6 is 0 Å². The van der Waals surface area contributed by atoms with E-state index in [1.54, 1.807) is 0 Å². The topological polar surface area (TPSA) is 61.4 Å². The van der Waals surface area contributed by atoms with E-state index in [1.807, 2.05) is 4.90 Å². The molecule has 5 heteroatoms. The minimum atomic E-state index is -0.155. The molecule has 1 heterocycles. The number of rotatable bonds is 7. The quantitative estimate of drug-likeness (QED) is 0.701. The molecule has 1 aliphatic heterocycles. The number of hydrogen-bond donors (Lipinski definition) is 2. The fourth-order valence-electron chi connectivity index (χ4n) is 3.53. The summed E-state index contributed by atoms with van der Waals surface area (Å²) in [5.41, 5.74) is 0. The van der Waals surface area contributed by atoms with Crippen LogP contribution in [0.25, 0.3) is 0 Å². The lowest BCUT2D eigenvalue weighted by Gasteiger charge is -2.33. The molecule has 2 fully saturated rings. The molecule has 1 saturated carbocycles. The van der Waals surface area contributed by atoms with Gasteiger partial charge in [0.2, 0.25) is 11.8 Å². The summed E-state index contributed by atoms with van der Waals surface area (Å²) in [6.07, 6.45) is 6.09. The first-order valence-electron chi connectivity index (χ1n) is 8.89. The van der Waals surface area contributed by atoms with Gasteiger partial charge in [0, 0.05) is 32.1 Å². The van der Waals surface area contributed by atoms with Gasteiger partial charge in [-0.05, 0) is 44.6 Å². The summed E-state index contributed by atoms with van der Waals surface area (Å²) >= 11 is 0. The van der Waals surface area contributed by atoms with Crippen LogP contribution in [0.1, 0.15) is 52.4 Å². The van der Waals surface area contributed by atoms with Gasteiger partial charge in [-0.3, -0.25) is 9.59 Å². The molecule has 2 rings (SSSR count). The monoisotopic (exact) mass is 309 g/mol. The van der Waals surface area contributed by atoms with Gasteiger partial charge in [0.25, 0.3) is 0 Å². The SMILES string of the molecule is CCCNCCNC(=O)C1CC(=O)N(C2CCC(C)CC2)C1. The Kier molecular flexibility index (Phi) is 6.68. The van der Waals surface area contributed by atoms with Crippen molar-refractivity contribution in [2.75, 3.05) is 26.2 Å². The highest BCUT2D eigenvalue weighted by molar-refractivity contribution is 5.89. The predicted molar refractivity (Wildman–Crippen MR) is 87.4 cm³/mol. The molecule has 126 valence electrons. The second-order valence-corrected chi connectivity index (χ2v) is 6.90. The maximum Gasteiger partial charge on any atom is 0.225 e. The average Bonchev–Trinajstić information content (AvgIpc) is 2.90. The van der Waals surface area contributed by atoms with Crippen molar-refractivity contribution in [3.8, 4) is 0 Å². The minimum absolute atomic E-state index is 0.0401. The van der Waals surface area contributed by atoms with Crippen LogP contribution in [0.15, 0.2) is 0 Å². The number of carbonyl (C=O) groups excluding carboxylic acids is 2. The third-order valence-electron chi connectivity index (χ3n) is 4.98. The maximum absolute atomic E-state index is 12.2. The van der Waals surface area contributed by atoms with Crippen molar-refractivity contribution < 1.29 is 9.59 Å². The van der Waals surface area contributed by atoms with Gasteiger partial charge < -0.3 is 15.5 Å². The molecule has 0 bridgehead atoms. The highest BCUT2D eigenvalue weighted by Crippen LogP contribution is 2.31. The molecule has 0 aromatic rings. The third kappa shape index (κ3) is 4.70. The van der Waals surface area contributed by atoms with E-state index in [0.29, 0.717) is 25.6 Å². The summed E-state index contributed by atoms with van der Waals surface area (Å²) in [6.45, 7) is 7.44. The molecule has 22 heavy (non-hydrogen) atoms. The summed E-state index contributed by atoms with van der Waals surface area (Å²) < 4.78 is 0.